The second kappa shape index (κ2) is 6.74. The van der Waals surface area contributed by atoms with Crippen LogP contribution in [0.1, 0.15) is 57.3 Å². The third-order valence-electron chi connectivity index (χ3n) is 3.76. The molecule has 0 atom stereocenters. The fraction of sp³-hybridized carbons (Fsp3) is 0.529. The van der Waals surface area contributed by atoms with E-state index in [9.17, 15) is 4.79 Å². The molecule has 0 fully saturated rings. The average Bonchev–Trinajstić information content (AvgIpc) is 2.76. The Hall–Kier alpha value is -1.84. The van der Waals surface area contributed by atoms with Crippen molar-refractivity contribution >= 4 is 17.0 Å². The minimum Gasteiger partial charge on any atom is -0.481 e. The first kappa shape index (κ1) is 15.5. The van der Waals surface area contributed by atoms with E-state index < -0.39 is 5.97 Å². The topological polar surface area (TPSA) is 55.1 Å². The number of imidazole rings is 1. The molecule has 114 valence electrons. The van der Waals surface area contributed by atoms with Crippen LogP contribution in [-0.4, -0.2) is 20.6 Å². The molecule has 1 aromatic carbocycles. The SMILES string of the molecule is CCCn1c(CCCC(=O)O)nc2cc(C(C)C)ccc21. The van der Waals surface area contributed by atoms with E-state index in [1.54, 1.807) is 0 Å². The molecule has 0 amide bonds. The number of hydrogen-bond acceptors (Lipinski definition) is 2. The van der Waals surface area contributed by atoms with E-state index >= 15 is 0 Å². The van der Waals surface area contributed by atoms with Crippen LogP contribution in [0, 0.1) is 0 Å². The van der Waals surface area contributed by atoms with Crippen LogP contribution >= 0.6 is 0 Å². The lowest BCUT2D eigenvalue weighted by molar-refractivity contribution is -0.137. The van der Waals surface area contributed by atoms with Crippen molar-refractivity contribution in [3.8, 4) is 0 Å². The molecule has 0 spiro atoms. The lowest BCUT2D eigenvalue weighted by atomic mass is 10.0. The fourth-order valence-electron chi connectivity index (χ4n) is 2.62. The molecule has 1 N–H and O–H groups in total. The fourth-order valence-corrected chi connectivity index (χ4v) is 2.62. The summed E-state index contributed by atoms with van der Waals surface area (Å²) >= 11 is 0. The van der Waals surface area contributed by atoms with Crippen molar-refractivity contribution in [2.75, 3.05) is 0 Å². The summed E-state index contributed by atoms with van der Waals surface area (Å²) in [5.74, 6) is 0.755. The van der Waals surface area contributed by atoms with Crippen LogP contribution in [-0.2, 0) is 17.8 Å². The van der Waals surface area contributed by atoms with Crippen molar-refractivity contribution in [2.24, 2.45) is 0 Å². The molecule has 4 heteroatoms. The maximum Gasteiger partial charge on any atom is 0.303 e. The predicted molar refractivity (Wildman–Crippen MR) is 84.7 cm³/mol. The van der Waals surface area contributed by atoms with Crippen molar-refractivity contribution in [2.45, 2.75) is 58.9 Å². The maximum atomic E-state index is 10.7. The third kappa shape index (κ3) is 3.63. The Morgan fingerprint density at radius 1 is 1.38 bits per heavy atom. The number of carboxylic acids is 1. The zero-order chi connectivity index (χ0) is 15.4. The molecule has 0 aliphatic carbocycles. The van der Waals surface area contributed by atoms with Gasteiger partial charge < -0.3 is 9.67 Å². The Balaban J connectivity index is 2.33. The van der Waals surface area contributed by atoms with Crippen LogP contribution in [0.4, 0.5) is 0 Å². The van der Waals surface area contributed by atoms with E-state index in [2.05, 4.69) is 43.5 Å². The van der Waals surface area contributed by atoms with Gasteiger partial charge in [-0.1, -0.05) is 26.8 Å². The van der Waals surface area contributed by atoms with Gasteiger partial charge in [0, 0.05) is 19.4 Å². The summed E-state index contributed by atoms with van der Waals surface area (Å²) in [6, 6.07) is 6.47. The largest absolute Gasteiger partial charge is 0.481 e. The molecule has 0 saturated carbocycles. The minimum atomic E-state index is -0.741. The molecule has 0 radical (unpaired) electrons. The van der Waals surface area contributed by atoms with Crippen LogP contribution in [0.25, 0.3) is 11.0 Å². The zero-order valence-corrected chi connectivity index (χ0v) is 13.1. The van der Waals surface area contributed by atoms with Crippen LogP contribution in [0.3, 0.4) is 0 Å². The molecule has 2 aromatic rings. The summed E-state index contributed by atoms with van der Waals surface area (Å²) in [7, 11) is 0. The number of aromatic nitrogens is 2. The van der Waals surface area contributed by atoms with E-state index in [-0.39, 0.29) is 6.42 Å². The summed E-state index contributed by atoms with van der Waals surface area (Å²) in [6.07, 6.45) is 2.60. The van der Waals surface area contributed by atoms with Gasteiger partial charge in [0.1, 0.15) is 5.82 Å². The molecule has 0 saturated heterocycles. The number of benzene rings is 1. The predicted octanol–water partition coefficient (Wildman–Crippen LogP) is 3.98. The molecule has 0 aliphatic rings. The molecule has 1 aromatic heterocycles. The molecule has 21 heavy (non-hydrogen) atoms. The molecule has 0 unspecified atom stereocenters. The Labute approximate surface area is 125 Å². The molecular weight excluding hydrogens is 264 g/mol. The van der Waals surface area contributed by atoms with E-state index in [0.717, 1.165) is 36.2 Å². The highest BCUT2D eigenvalue weighted by molar-refractivity contribution is 5.77. The van der Waals surface area contributed by atoms with Gasteiger partial charge in [0.05, 0.1) is 11.0 Å². The summed E-state index contributed by atoms with van der Waals surface area (Å²) in [5.41, 5.74) is 3.48. The number of fused-ring (bicyclic) bond motifs is 1. The van der Waals surface area contributed by atoms with E-state index in [1.165, 1.54) is 5.56 Å². The first-order valence-corrected chi connectivity index (χ1v) is 7.73. The minimum absolute atomic E-state index is 0.201. The maximum absolute atomic E-state index is 10.7. The molecular formula is C17H24N2O2. The number of rotatable bonds is 7. The summed E-state index contributed by atoms with van der Waals surface area (Å²) in [6.45, 7) is 7.44. The average molecular weight is 288 g/mol. The van der Waals surface area contributed by atoms with Gasteiger partial charge in [0.15, 0.2) is 0 Å². The quantitative estimate of drug-likeness (QED) is 0.838. The lowest BCUT2D eigenvalue weighted by Gasteiger charge is -2.08. The second-order valence-corrected chi connectivity index (χ2v) is 5.83. The summed E-state index contributed by atoms with van der Waals surface area (Å²) in [4.78, 5) is 15.4. The van der Waals surface area contributed by atoms with Crippen LogP contribution in [0.5, 0.6) is 0 Å². The van der Waals surface area contributed by atoms with Crippen molar-refractivity contribution in [1.29, 1.82) is 0 Å². The normalized spacial score (nSPS) is 11.4. The standard InChI is InChI=1S/C17H24N2O2/c1-4-10-19-15-9-8-13(12(2)3)11-14(15)18-16(19)6-5-7-17(20)21/h8-9,11-12H,4-7,10H2,1-3H3,(H,20,21). The van der Waals surface area contributed by atoms with Crippen molar-refractivity contribution in [3.05, 3.63) is 29.6 Å². The number of aliphatic carboxylic acids is 1. The Kier molecular flexibility index (Phi) is 4.99. The molecule has 0 bridgehead atoms. The van der Waals surface area contributed by atoms with Crippen molar-refractivity contribution < 1.29 is 9.90 Å². The molecule has 2 rings (SSSR count). The number of carboxylic acid groups (broad SMARTS) is 1. The van der Waals surface area contributed by atoms with Gasteiger partial charge in [-0.2, -0.15) is 0 Å². The lowest BCUT2D eigenvalue weighted by Crippen LogP contribution is -2.05. The Morgan fingerprint density at radius 2 is 2.14 bits per heavy atom. The van der Waals surface area contributed by atoms with Gasteiger partial charge >= 0.3 is 5.97 Å². The van der Waals surface area contributed by atoms with Gasteiger partial charge in [-0.05, 0) is 36.5 Å². The third-order valence-corrected chi connectivity index (χ3v) is 3.76. The Bertz CT molecular complexity index is 629. The molecule has 4 nitrogen and oxygen atoms in total. The van der Waals surface area contributed by atoms with Gasteiger partial charge in [0.2, 0.25) is 0 Å². The highest BCUT2D eigenvalue weighted by atomic mass is 16.4. The summed E-state index contributed by atoms with van der Waals surface area (Å²) < 4.78 is 2.24. The zero-order valence-electron chi connectivity index (χ0n) is 13.1. The van der Waals surface area contributed by atoms with Crippen LogP contribution < -0.4 is 0 Å². The van der Waals surface area contributed by atoms with Gasteiger partial charge in [-0.15, -0.1) is 0 Å². The van der Waals surface area contributed by atoms with Crippen LogP contribution in [0.2, 0.25) is 0 Å². The summed E-state index contributed by atoms with van der Waals surface area (Å²) in [5, 5.41) is 8.77. The van der Waals surface area contributed by atoms with E-state index in [1.807, 2.05) is 0 Å². The van der Waals surface area contributed by atoms with Crippen molar-refractivity contribution in [1.82, 2.24) is 9.55 Å². The first-order valence-electron chi connectivity index (χ1n) is 7.73. The van der Waals surface area contributed by atoms with E-state index in [0.29, 0.717) is 12.3 Å². The highest BCUT2D eigenvalue weighted by Crippen LogP contribution is 2.23. The van der Waals surface area contributed by atoms with Crippen molar-refractivity contribution in [3.63, 3.8) is 0 Å². The second-order valence-electron chi connectivity index (χ2n) is 5.83. The number of carbonyl (C=O) groups is 1. The monoisotopic (exact) mass is 288 g/mol. The van der Waals surface area contributed by atoms with Gasteiger partial charge in [0.25, 0.3) is 0 Å². The molecule has 1 heterocycles. The van der Waals surface area contributed by atoms with Crippen LogP contribution in [0.15, 0.2) is 18.2 Å². The number of aryl methyl sites for hydroxylation is 2. The van der Waals surface area contributed by atoms with E-state index in [4.69, 9.17) is 10.1 Å². The first-order chi connectivity index (χ1) is 10.0. The van der Waals surface area contributed by atoms with Gasteiger partial charge in [-0.25, -0.2) is 4.98 Å². The van der Waals surface area contributed by atoms with Gasteiger partial charge in [-0.3, -0.25) is 4.79 Å². The Morgan fingerprint density at radius 3 is 2.76 bits per heavy atom. The number of hydrogen-bond donors (Lipinski definition) is 1. The number of nitrogens with zero attached hydrogens (tertiary/aromatic N) is 2. The highest BCUT2D eigenvalue weighted by Gasteiger charge is 2.12. The smallest absolute Gasteiger partial charge is 0.303 e. The molecule has 0 aliphatic heterocycles.